The number of benzene rings is 1. The third-order valence-electron chi connectivity index (χ3n) is 7.17. The number of nitrogens with one attached hydrogen (secondary N) is 2. The number of rotatable bonds is 4. The maximum absolute atomic E-state index is 12.8. The van der Waals surface area contributed by atoms with Crippen molar-refractivity contribution in [2.24, 2.45) is 12.5 Å². The summed E-state index contributed by atoms with van der Waals surface area (Å²) in [6.45, 7) is 2.24. The van der Waals surface area contributed by atoms with E-state index in [9.17, 15) is 22.8 Å². The third-order valence-corrected chi connectivity index (χ3v) is 7.17. The van der Waals surface area contributed by atoms with Crippen molar-refractivity contribution in [3.63, 3.8) is 0 Å². The summed E-state index contributed by atoms with van der Waals surface area (Å²) in [6.07, 6.45) is 1.75. The number of carbonyl (C=O) groups excluding carboxylic acids is 3. The molecule has 5 rings (SSSR count). The number of halogens is 3. The number of amides is 2. The van der Waals surface area contributed by atoms with Crippen LogP contribution in [0.15, 0.2) is 48.7 Å². The molecule has 4 heterocycles. The molecule has 11 heteroatoms. The second-order valence-corrected chi connectivity index (χ2v) is 9.88. The lowest BCUT2D eigenvalue weighted by Crippen LogP contribution is -2.48. The van der Waals surface area contributed by atoms with Crippen molar-refractivity contribution in [2.45, 2.75) is 32.0 Å². The summed E-state index contributed by atoms with van der Waals surface area (Å²) in [7, 11) is 3.84. The van der Waals surface area contributed by atoms with Crippen LogP contribution in [-0.4, -0.2) is 58.9 Å². The van der Waals surface area contributed by atoms with Gasteiger partial charge in [0.1, 0.15) is 5.82 Å². The summed E-state index contributed by atoms with van der Waals surface area (Å²) in [4.78, 5) is 40.3. The number of anilines is 1. The van der Waals surface area contributed by atoms with Gasteiger partial charge < -0.3 is 20.1 Å². The van der Waals surface area contributed by atoms with E-state index in [0.29, 0.717) is 18.8 Å². The molecule has 2 aromatic heterocycles. The number of likely N-dealkylation sites (N-methyl/N-ethyl adjacent to an activating group) is 1. The molecule has 1 fully saturated rings. The molecule has 0 radical (unpaired) electrons. The maximum atomic E-state index is 12.8. The summed E-state index contributed by atoms with van der Waals surface area (Å²) in [5, 5.41) is 7.50. The Morgan fingerprint density at radius 3 is 2.56 bits per heavy atom. The molecule has 0 aliphatic carbocycles. The van der Waals surface area contributed by atoms with Gasteiger partial charge in [-0.25, -0.2) is 4.98 Å². The fourth-order valence-electron chi connectivity index (χ4n) is 4.97. The molecule has 206 valence electrons. The lowest BCUT2D eigenvalue weighted by molar-refractivity contribution is -0.156. The van der Waals surface area contributed by atoms with E-state index in [4.69, 9.17) is 4.79 Å². The van der Waals surface area contributed by atoms with E-state index in [1.165, 1.54) is 5.39 Å². The highest BCUT2D eigenvalue weighted by Crippen LogP contribution is 2.39. The zero-order valence-electron chi connectivity index (χ0n) is 21.7. The predicted molar refractivity (Wildman–Crippen MR) is 142 cm³/mol. The highest BCUT2D eigenvalue weighted by molar-refractivity contribution is 5.98. The van der Waals surface area contributed by atoms with Gasteiger partial charge in [-0.1, -0.05) is 18.2 Å². The van der Waals surface area contributed by atoms with E-state index in [2.05, 4.69) is 38.4 Å². The van der Waals surface area contributed by atoms with E-state index < -0.39 is 12.5 Å². The minimum atomic E-state index is -4.64. The van der Waals surface area contributed by atoms with Crippen molar-refractivity contribution in [3.8, 4) is 0 Å². The van der Waals surface area contributed by atoms with Crippen LogP contribution in [0, 0.1) is 5.41 Å². The Balaban J connectivity index is 0.000000531. The molecule has 3 aromatic rings. The highest BCUT2D eigenvalue weighted by Gasteiger charge is 2.43. The van der Waals surface area contributed by atoms with Crippen molar-refractivity contribution in [1.82, 2.24) is 19.8 Å². The minimum Gasteiger partial charge on any atom is -0.346 e. The van der Waals surface area contributed by atoms with Gasteiger partial charge >= 0.3 is 6.18 Å². The number of hydrogen-bond donors (Lipinski definition) is 2. The number of piperidine rings is 1. The van der Waals surface area contributed by atoms with Crippen LogP contribution in [0.3, 0.4) is 0 Å². The van der Waals surface area contributed by atoms with Crippen molar-refractivity contribution >= 4 is 40.9 Å². The van der Waals surface area contributed by atoms with Gasteiger partial charge in [0.05, 0.1) is 12.0 Å². The third kappa shape index (κ3) is 6.54. The molecule has 0 atom stereocenters. The first-order valence-corrected chi connectivity index (χ1v) is 12.5. The smallest absolute Gasteiger partial charge is 0.346 e. The average Bonchev–Trinajstić information content (AvgIpc) is 3.23. The zero-order valence-corrected chi connectivity index (χ0v) is 21.7. The quantitative estimate of drug-likeness (QED) is 0.386. The number of aldehydes is 1. The number of nitrogens with zero attached hydrogens (tertiary/aromatic N) is 3. The van der Waals surface area contributed by atoms with Gasteiger partial charge in [0, 0.05) is 37.6 Å². The van der Waals surface area contributed by atoms with Crippen LogP contribution in [0.4, 0.5) is 19.0 Å². The number of pyridine rings is 1. The van der Waals surface area contributed by atoms with Crippen LogP contribution in [0.2, 0.25) is 0 Å². The van der Waals surface area contributed by atoms with Crippen LogP contribution in [0.5, 0.6) is 0 Å². The number of hydrogen-bond acceptors (Lipinski definition) is 5. The van der Waals surface area contributed by atoms with Crippen molar-refractivity contribution in [1.29, 1.82) is 0 Å². The summed E-state index contributed by atoms with van der Waals surface area (Å²) in [5.41, 5.74) is 3.79. The van der Waals surface area contributed by atoms with Crippen LogP contribution in [0.1, 0.15) is 29.7 Å². The van der Waals surface area contributed by atoms with E-state index in [-0.39, 0.29) is 17.2 Å². The number of aromatic nitrogens is 2. The molecule has 1 spiro atoms. The Labute approximate surface area is 223 Å². The number of alkyl halides is 3. The molecule has 2 N–H and O–H groups in total. The minimum absolute atomic E-state index is 0.0684. The average molecular weight is 542 g/mol. The Kier molecular flexibility index (Phi) is 8.19. The summed E-state index contributed by atoms with van der Waals surface area (Å²) in [6, 6.07) is 12.4. The molecule has 8 nitrogen and oxygen atoms in total. The summed E-state index contributed by atoms with van der Waals surface area (Å²) >= 11 is 0. The van der Waals surface area contributed by atoms with Gasteiger partial charge in [0.15, 0.2) is 0 Å². The topological polar surface area (TPSA) is 96.3 Å². The molecular formula is C28H30F3N5O3. The van der Waals surface area contributed by atoms with E-state index in [1.54, 1.807) is 23.2 Å². The van der Waals surface area contributed by atoms with Crippen molar-refractivity contribution in [2.75, 3.05) is 25.5 Å². The molecule has 2 aliphatic heterocycles. The van der Waals surface area contributed by atoms with Crippen LogP contribution < -0.4 is 10.6 Å². The number of aryl methyl sites for hydroxylation is 1. The molecule has 1 aromatic carbocycles. The molecule has 0 unspecified atom stereocenters. The first-order valence-electron chi connectivity index (χ1n) is 12.5. The Hall–Kier alpha value is -3.99. The Morgan fingerprint density at radius 1 is 1.21 bits per heavy atom. The van der Waals surface area contributed by atoms with Gasteiger partial charge in [-0.2, -0.15) is 13.2 Å². The lowest BCUT2D eigenvalue weighted by atomic mass is 9.71. The summed E-state index contributed by atoms with van der Waals surface area (Å²) < 4.78 is 33.4. The van der Waals surface area contributed by atoms with Crippen molar-refractivity contribution in [3.05, 3.63) is 65.5 Å². The van der Waals surface area contributed by atoms with Gasteiger partial charge in [-0.05, 0) is 73.1 Å². The largest absolute Gasteiger partial charge is 0.446 e. The maximum Gasteiger partial charge on any atom is 0.446 e. The van der Waals surface area contributed by atoms with Crippen LogP contribution in [0.25, 0.3) is 17.0 Å². The molecule has 39 heavy (non-hydrogen) atoms. The number of fused-ring (bicyclic) bond motifs is 2. The molecule has 0 saturated carbocycles. The van der Waals surface area contributed by atoms with E-state index in [1.807, 2.05) is 32.3 Å². The second kappa shape index (κ2) is 11.4. The standard InChI is InChI=1S/C26H29N5O2.C2HF3O/c1-30(17-21-14-19-5-3-4-6-22(19)31(21)2)23(32)8-7-18-13-20-15-26(9-11-27-12-10-26)25(33)29-24(20)28-16-18;3-2(4,5)1-6/h3-8,13-14,16,27H,9-12,15,17H2,1-2H3,(H,28,29,33);1H/b8-7+;. The van der Waals surface area contributed by atoms with Gasteiger partial charge in [0.2, 0.25) is 18.1 Å². The van der Waals surface area contributed by atoms with E-state index in [0.717, 1.165) is 48.3 Å². The summed E-state index contributed by atoms with van der Waals surface area (Å²) in [5.74, 6) is 0.652. The normalized spacial score (nSPS) is 16.4. The number of carbonyl (C=O) groups is 3. The van der Waals surface area contributed by atoms with Crippen molar-refractivity contribution < 1.29 is 27.6 Å². The lowest BCUT2D eigenvalue weighted by Gasteiger charge is -2.39. The Bertz CT molecular complexity index is 1410. The first-order chi connectivity index (χ1) is 18.5. The highest BCUT2D eigenvalue weighted by atomic mass is 19.4. The zero-order chi connectivity index (χ0) is 28.2. The fraction of sp³-hybridized carbons (Fsp3) is 0.357. The van der Waals surface area contributed by atoms with Crippen LogP contribution >= 0.6 is 0 Å². The Morgan fingerprint density at radius 2 is 1.90 bits per heavy atom. The molecule has 2 aliphatic rings. The van der Waals surface area contributed by atoms with Gasteiger partial charge in [-0.15, -0.1) is 0 Å². The van der Waals surface area contributed by atoms with Gasteiger partial charge in [-0.3, -0.25) is 14.4 Å². The monoisotopic (exact) mass is 541 g/mol. The number of para-hydroxylation sites is 1. The van der Waals surface area contributed by atoms with E-state index >= 15 is 0 Å². The SMILES string of the molecule is CN(Cc1cc2ccccc2n1C)C(=O)/C=C/c1cnc2c(c1)CC1(CCNCC1)C(=O)N2.O=CC(F)(F)F. The predicted octanol–water partition coefficient (Wildman–Crippen LogP) is 3.86. The fourth-order valence-corrected chi connectivity index (χ4v) is 4.97. The molecule has 1 saturated heterocycles. The first kappa shape index (κ1) is 28.0. The second-order valence-electron chi connectivity index (χ2n) is 9.88. The molecular weight excluding hydrogens is 511 g/mol. The van der Waals surface area contributed by atoms with Crippen LogP contribution in [-0.2, 0) is 34.4 Å². The molecule has 0 bridgehead atoms. The van der Waals surface area contributed by atoms with Gasteiger partial charge in [0.25, 0.3) is 0 Å². The molecule has 2 amide bonds.